The highest BCUT2D eigenvalue weighted by Crippen LogP contribution is 2.25. The van der Waals surface area contributed by atoms with Crippen molar-refractivity contribution in [3.8, 4) is 0 Å². The van der Waals surface area contributed by atoms with Gasteiger partial charge < -0.3 is 5.32 Å². The van der Waals surface area contributed by atoms with Crippen LogP contribution in [0.1, 0.15) is 22.4 Å². The van der Waals surface area contributed by atoms with Gasteiger partial charge in [0.2, 0.25) is 0 Å². The van der Waals surface area contributed by atoms with Gasteiger partial charge in [0.25, 0.3) is 5.78 Å². The van der Waals surface area contributed by atoms with Gasteiger partial charge in [0, 0.05) is 16.9 Å². The van der Waals surface area contributed by atoms with Gasteiger partial charge in [-0.15, -0.1) is 0 Å². The average molecular weight is 267 g/mol. The minimum absolute atomic E-state index is 0.612. The van der Waals surface area contributed by atoms with Crippen LogP contribution in [-0.4, -0.2) is 19.6 Å². The molecule has 20 heavy (non-hydrogen) atoms. The van der Waals surface area contributed by atoms with Crippen molar-refractivity contribution in [3.63, 3.8) is 0 Å². The first-order chi connectivity index (χ1) is 9.56. The summed E-state index contributed by atoms with van der Waals surface area (Å²) in [5.41, 5.74) is 5.52. The van der Waals surface area contributed by atoms with Crippen LogP contribution in [0, 0.1) is 27.7 Å². The van der Waals surface area contributed by atoms with E-state index in [1.54, 1.807) is 4.52 Å². The topological polar surface area (TPSA) is 55.1 Å². The SMILES string of the molecule is Cc1ccc(C)c(Nc2c(C)c(C)nc3ncnn23)c1. The van der Waals surface area contributed by atoms with E-state index in [0.717, 1.165) is 22.8 Å². The number of rotatable bonds is 2. The summed E-state index contributed by atoms with van der Waals surface area (Å²) < 4.78 is 1.74. The van der Waals surface area contributed by atoms with Gasteiger partial charge in [-0.2, -0.15) is 14.6 Å². The predicted octanol–water partition coefficient (Wildman–Crippen LogP) is 3.10. The normalized spacial score (nSPS) is 11.0. The number of hydrogen-bond donors (Lipinski definition) is 1. The molecule has 0 aliphatic carbocycles. The summed E-state index contributed by atoms with van der Waals surface area (Å²) in [6.07, 6.45) is 1.52. The highest BCUT2D eigenvalue weighted by molar-refractivity contribution is 5.65. The van der Waals surface area contributed by atoms with Gasteiger partial charge in [-0.05, 0) is 44.9 Å². The van der Waals surface area contributed by atoms with Crippen LogP contribution in [0.15, 0.2) is 24.5 Å². The fourth-order valence-corrected chi connectivity index (χ4v) is 2.18. The Morgan fingerprint density at radius 1 is 1.10 bits per heavy atom. The second-order valence-corrected chi connectivity index (χ2v) is 5.09. The summed E-state index contributed by atoms with van der Waals surface area (Å²) >= 11 is 0. The molecule has 0 aliphatic rings. The first-order valence-corrected chi connectivity index (χ1v) is 6.57. The maximum absolute atomic E-state index is 4.43. The minimum Gasteiger partial charge on any atom is -0.340 e. The van der Waals surface area contributed by atoms with E-state index in [-0.39, 0.29) is 0 Å². The third-order valence-electron chi connectivity index (χ3n) is 3.55. The van der Waals surface area contributed by atoms with Gasteiger partial charge in [-0.1, -0.05) is 12.1 Å². The Kier molecular flexibility index (Phi) is 2.89. The van der Waals surface area contributed by atoms with E-state index in [2.05, 4.69) is 52.4 Å². The maximum atomic E-state index is 4.43. The Morgan fingerprint density at radius 2 is 1.90 bits per heavy atom. The molecule has 0 radical (unpaired) electrons. The number of nitrogens with zero attached hydrogens (tertiary/aromatic N) is 4. The molecule has 3 rings (SSSR count). The Balaban J connectivity index is 2.17. The molecule has 0 bridgehead atoms. The molecule has 5 nitrogen and oxygen atoms in total. The van der Waals surface area contributed by atoms with Crippen LogP contribution in [0.4, 0.5) is 11.5 Å². The summed E-state index contributed by atoms with van der Waals surface area (Å²) in [5.74, 6) is 1.53. The largest absolute Gasteiger partial charge is 0.340 e. The van der Waals surface area contributed by atoms with Crippen LogP contribution in [0.2, 0.25) is 0 Å². The van der Waals surface area contributed by atoms with E-state index in [4.69, 9.17) is 0 Å². The van der Waals surface area contributed by atoms with Crippen molar-refractivity contribution in [2.75, 3.05) is 5.32 Å². The van der Waals surface area contributed by atoms with Crippen LogP contribution < -0.4 is 5.32 Å². The molecule has 0 saturated carbocycles. The van der Waals surface area contributed by atoms with Crippen LogP contribution >= 0.6 is 0 Å². The van der Waals surface area contributed by atoms with E-state index < -0.39 is 0 Å². The lowest BCUT2D eigenvalue weighted by Crippen LogP contribution is -2.07. The van der Waals surface area contributed by atoms with Crippen LogP contribution in [0.3, 0.4) is 0 Å². The molecule has 0 spiro atoms. The predicted molar refractivity (Wildman–Crippen MR) is 79.5 cm³/mol. The summed E-state index contributed by atoms with van der Waals surface area (Å²) in [5, 5.41) is 7.72. The van der Waals surface area contributed by atoms with Gasteiger partial charge in [0.15, 0.2) is 0 Å². The van der Waals surface area contributed by atoms with E-state index in [0.29, 0.717) is 5.78 Å². The molecule has 3 aromatic rings. The second-order valence-electron chi connectivity index (χ2n) is 5.09. The Morgan fingerprint density at radius 3 is 2.70 bits per heavy atom. The third kappa shape index (κ3) is 2.01. The first kappa shape index (κ1) is 12.6. The molecule has 2 aromatic heterocycles. The molecule has 5 heteroatoms. The quantitative estimate of drug-likeness (QED) is 0.775. The molecule has 0 aliphatic heterocycles. The molecule has 1 N–H and O–H groups in total. The molecule has 0 atom stereocenters. The smallest absolute Gasteiger partial charge is 0.254 e. The van der Waals surface area contributed by atoms with Crippen molar-refractivity contribution in [1.29, 1.82) is 0 Å². The molecular weight excluding hydrogens is 250 g/mol. The highest BCUT2D eigenvalue weighted by atomic mass is 15.4. The summed E-state index contributed by atoms with van der Waals surface area (Å²) in [4.78, 5) is 8.59. The highest BCUT2D eigenvalue weighted by Gasteiger charge is 2.12. The number of anilines is 2. The van der Waals surface area contributed by atoms with Crippen LogP contribution in [-0.2, 0) is 0 Å². The number of aryl methyl sites for hydroxylation is 3. The Labute approximate surface area is 117 Å². The number of hydrogen-bond acceptors (Lipinski definition) is 4. The molecule has 1 aromatic carbocycles. The van der Waals surface area contributed by atoms with Crippen molar-refractivity contribution in [2.45, 2.75) is 27.7 Å². The molecule has 2 heterocycles. The molecule has 0 fully saturated rings. The van der Waals surface area contributed by atoms with E-state index in [1.165, 1.54) is 17.5 Å². The van der Waals surface area contributed by atoms with Gasteiger partial charge in [0.1, 0.15) is 12.1 Å². The number of nitrogens with one attached hydrogen (secondary N) is 1. The minimum atomic E-state index is 0.612. The van der Waals surface area contributed by atoms with Crippen molar-refractivity contribution < 1.29 is 0 Å². The first-order valence-electron chi connectivity index (χ1n) is 6.57. The summed E-state index contributed by atoms with van der Waals surface area (Å²) in [6.45, 7) is 8.19. The zero-order valence-electron chi connectivity index (χ0n) is 12.1. The fourth-order valence-electron chi connectivity index (χ4n) is 2.18. The lowest BCUT2D eigenvalue weighted by molar-refractivity contribution is 0.923. The number of fused-ring (bicyclic) bond motifs is 1. The van der Waals surface area contributed by atoms with Crippen molar-refractivity contribution in [3.05, 3.63) is 46.9 Å². The summed E-state index contributed by atoms with van der Waals surface area (Å²) in [7, 11) is 0. The number of aromatic nitrogens is 4. The Bertz CT molecular complexity index is 788. The van der Waals surface area contributed by atoms with Crippen molar-refractivity contribution in [2.24, 2.45) is 0 Å². The lowest BCUT2D eigenvalue weighted by Gasteiger charge is -2.14. The van der Waals surface area contributed by atoms with E-state index in [9.17, 15) is 0 Å². The molecule has 102 valence electrons. The molecule has 0 saturated heterocycles. The zero-order chi connectivity index (χ0) is 14.3. The molecule has 0 unspecified atom stereocenters. The Hall–Kier alpha value is -2.43. The van der Waals surface area contributed by atoms with Crippen LogP contribution in [0.25, 0.3) is 5.78 Å². The van der Waals surface area contributed by atoms with Crippen molar-refractivity contribution in [1.82, 2.24) is 19.6 Å². The summed E-state index contributed by atoms with van der Waals surface area (Å²) in [6, 6.07) is 6.35. The maximum Gasteiger partial charge on any atom is 0.254 e. The second kappa shape index (κ2) is 4.59. The third-order valence-corrected chi connectivity index (χ3v) is 3.55. The standard InChI is InChI=1S/C15H17N5/c1-9-5-6-10(2)13(7-9)19-14-11(3)12(4)18-15-16-8-17-20(14)15/h5-8,19H,1-4H3. The zero-order valence-corrected chi connectivity index (χ0v) is 12.1. The van der Waals surface area contributed by atoms with Crippen molar-refractivity contribution >= 4 is 17.3 Å². The average Bonchev–Trinajstić information content (AvgIpc) is 2.86. The van der Waals surface area contributed by atoms with E-state index >= 15 is 0 Å². The van der Waals surface area contributed by atoms with Gasteiger partial charge in [-0.25, -0.2) is 4.98 Å². The lowest BCUT2D eigenvalue weighted by atomic mass is 10.1. The van der Waals surface area contributed by atoms with Gasteiger partial charge in [-0.3, -0.25) is 0 Å². The van der Waals surface area contributed by atoms with Gasteiger partial charge >= 0.3 is 0 Å². The van der Waals surface area contributed by atoms with Gasteiger partial charge in [0.05, 0.1) is 0 Å². The van der Waals surface area contributed by atoms with E-state index in [1.807, 2.05) is 13.8 Å². The monoisotopic (exact) mass is 267 g/mol. The van der Waals surface area contributed by atoms with Crippen LogP contribution in [0.5, 0.6) is 0 Å². The number of benzene rings is 1. The fraction of sp³-hybridized carbons (Fsp3) is 0.267. The molecule has 0 amide bonds. The molecular formula is C15H17N5.